The lowest BCUT2D eigenvalue weighted by Gasteiger charge is -2.41. The lowest BCUT2D eigenvalue weighted by molar-refractivity contribution is -0.896. The zero-order valence-electron chi connectivity index (χ0n) is 15.8. The van der Waals surface area contributed by atoms with Gasteiger partial charge >= 0.3 is 0 Å². The minimum Gasteiger partial charge on any atom is -0.494 e. The summed E-state index contributed by atoms with van der Waals surface area (Å²) in [6.45, 7) is 7.41. The summed E-state index contributed by atoms with van der Waals surface area (Å²) in [6, 6.07) is 10.9. The van der Waals surface area contributed by atoms with Crippen LogP contribution in [0.3, 0.4) is 0 Å². The van der Waals surface area contributed by atoms with Crippen LogP contribution in [0.1, 0.15) is 51.5 Å². The second kappa shape index (κ2) is 8.03. The highest BCUT2D eigenvalue weighted by molar-refractivity contribution is 5.37. The van der Waals surface area contributed by atoms with E-state index in [4.69, 9.17) is 4.74 Å². The topological polar surface area (TPSA) is 33.0 Å². The molecule has 0 spiro atoms. The van der Waals surface area contributed by atoms with E-state index in [2.05, 4.69) is 46.1 Å². The summed E-state index contributed by atoms with van der Waals surface area (Å²) in [5.74, 6) is 1.69. The number of nitrogens with zero attached hydrogens (tertiary/aromatic N) is 2. The van der Waals surface area contributed by atoms with E-state index in [1.54, 1.807) is 0 Å². The van der Waals surface area contributed by atoms with E-state index in [9.17, 15) is 5.26 Å². The number of hydrogen-bond acceptors (Lipinski definition) is 2. The molecule has 0 aromatic heterocycles. The predicted molar refractivity (Wildman–Crippen MR) is 99.0 cm³/mol. The number of hydrogen-bond donors (Lipinski definition) is 0. The molecular formula is C21H33N2O+. The number of rotatable bonds is 7. The minimum atomic E-state index is -0.316. The Morgan fingerprint density at radius 2 is 1.75 bits per heavy atom. The van der Waals surface area contributed by atoms with E-state index in [1.165, 1.54) is 12.8 Å². The Morgan fingerprint density at radius 3 is 2.29 bits per heavy atom. The summed E-state index contributed by atoms with van der Waals surface area (Å²) >= 11 is 0. The molecule has 2 rings (SSSR count). The summed E-state index contributed by atoms with van der Waals surface area (Å²) in [6.07, 6.45) is 5.47. The van der Waals surface area contributed by atoms with Crippen molar-refractivity contribution in [1.82, 2.24) is 0 Å². The van der Waals surface area contributed by atoms with Gasteiger partial charge < -0.3 is 9.22 Å². The lowest BCUT2D eigenvalue weighted by atomic mass is 9.73. The van der Waals surface area contributed by atoms with Gasteiger partial charge in [-0.05, 0) is 36.5 Å². The van der Waals surface area contributed by atoms with Crippen molar-refractivity contribution in [1.29, 1.82) is 5.26 Å². The summed E-state index contributed by atoms with van der Waals surface area (Å²) < 4.78 is 6.86. The first-order chi connectivity index (χ1) is 11.4. The van der Waals surface area contributed by atoms with E-state index in [0.717, 1.165) is 60.7 Å². The molecule has 0 unspecified atom stereocenters. The van der Waals surface area contributed by atoms with Gasteiger partial charge in [-0.1, -0.05) is 32.4 Å². The van der Waals surface area contributed by atoms with Crippen LogP contribution in [-0.2, 0) is 5.41 Å². The molecule has 0 aliphatic carbocycles. The molecule has 0 atom stereocenters. The number of likely N-dealkylation sites (tertiary alicyclic amines) is 1. The van der Waals surface area contributed by atoms with Crippen LogP contribution in [0.25, 0.3) is 0 Å². The summed E-state index contributed by atoms with van der Waals surface area (Å²) in [5, 5.41) is 9.79. The smallest absolute Gasteiger partial charge is 0.119 e. The Hall–Kier alpha value is -1.53. The van der Waals surface area contributed by atoms with Gasteiger partial charge in [-0.2, -0.15) is 5.26 Å². The van der Waals surface area contributed by atoms with E-state index < -0.39 is 0 Å². The van der Waals surface area contributed by atoms with Crippen LogP contribution in [0.2, 0.25) is 0 Å². The second-order valence-electron chi connectivity index (χ2n) is 8.34. The first-order valence-electron chi connectivity index (χ1n) is 9.33. The molecule has 0 bridgehead atoms. The van der Waals surface area contributed by atoms with E-state index >= 15 is 0 Å². The third kappa shape index (κ3) is 4.98. The van der Waals surface area contributed by atoms with Crippen LogP contribution in [0.4, 0.5) is 0 Å². The molecule has 1 fully saturated rings. The van der Waals surface area contributed by atoms with Crippen LogP contribution in [-0.4, -0.2) is 38.3 Å². The van der Waals surface area contributed by atoms with Crippen molar-refractivity contribution in [3.8, 4) is 11.8 Å². The number of ether oxygens (including phenoxy) is 1. The monoisotopic (exact) mass is 329 g/mol. The summed E-state index contributed by atoms with van der Waals surface area (Å²) in [4.78, 5) is 0. The standard InChI is InChI=1S/C21H33N2O/c1-18(2)7-5-6-16-24-20-10-8-19(9-11-20)21(17-22)12-14-23(3,4)15-13-21/h8-11,18H,5-7,12-16H2,1-4H3/q+1. The van der Waals surface area contributed by atoms with Crippen LogP contribution in [0.5, 0.6) is 5.75 Å². The Kier molecular flexibility index (Phi) is 6.29. The maximum atomic E-state index is 9.79. The molecule has 3 heteroatoms. The number of quaternary nitrogens is 1. The first kappa shape index (κ1) is 18.8. The largest absolute Gasteiger partial charge is 0.494 e. The molecule has 1 aromatic rings. The van der Waals surface area contributed by atoms with Gasteiger partial charge in [-0.25, -0.2) is 0 Å². The van der Waals surface area contributed by atoms with E-state index in [-0.39, 0.29) is 5.41 Å². The third-order valence-corrected chi connectivity index (χ3v) is 5.35. The Labute approximate surface area is 147 Å². The molecule has 132 valence electrons. The van der Waals surface area contributed by atoms with Gasteiger partial charge in [0.05, 0.1) is 45.3 Å². The van der Waals surface area contributed by atoms with Gasteiger partial charge in [-0.3, -0.25) is 0 Å². The molecule has 0 N–H and O–H groups in total. The fraction of sp³-hybridized carbons (Fsp3) is 0.667. The molecule has 3 nitrogen and oxygen atoms in total. The molecular weight excluding hydrogens is 296 g/mol. The summed E-state index contributed by atoms with van der Waals surface area (Å²) in [7, 11) is 4.50. The average Bonchev–Trinajstić information content (AvgIpc) is 2.56. The molecule has 1 saturated heterocycles. The van der Waals surface area contributed by atoms with Crippen molar-refractivity contribution in [3.05, 3.63) is 29.8 Å². The maximum Gasteiger partial charge on any atom is 0.119 e. The Morgan fingerprint density at radius 1 is 1.12 bits per heavy atom. The van der Waals surface area contributed by atoms with Crippen molar-refractivity contribution >= 4 is 0 Å². The molecule has 1 aliphatic heterocycles. The molecule has 24 heavy (non-hydrogen) atoms. The van der Waals surface area contributed by atoms with E-state index in [1.807, 2.05) is 12.1 Å². The van der Waals surface area contributed by atoms with Gasteiger partial charge in [0.2, 0.25) is 0 Å². The van der Waals surface area contributed by atoms with Crippen molar-refractivity contribution < 1.29 is 9.22 Å². The molecule has 0 radical (unpaired) electrons. The van der Waals surface area contributed by atoms with Gasteiger partial charge in [0, 0.05) is 12.8 Å². The van der Waals surface area contributed by atoms with Crippen molar-refractivity contribution in [2.75, 3.05) is 33.8 Å². The fourth-order valence-corrected chi connectivity index (χ4v) is 3.40. The van der Waals surface area contributed by atoms with Crippen molar-refractivity contribution in [2.24, 2.45) is 5.92 Å². The van der Waals surface area contributed by atoms with Gasteiger partial charge in [0.1, 0.15) is 5.75 Å². The minimum absolute atomic E-state index is 0.316. The molecule has 0 amide bonds. The van der Waals surface area contributed by atoms with Crippen molar-refractivity contribution in [3.63, 3.8) is 0 Å². The Balaban J connectivity index is 1.90. The highest BCUT2D eigenvalue weighted by Crippen LogP contribution is 2.37. The molecule has 1 heterocycles. The normalized spacial score (nSPS) is 19.0. The summed E-state index contributed by atoms with van der Waals surface area (Å²) in [5.41, 5.74) is 0.834. The van der Waals surface area contributed by atoms with Crippen LogP contribution < -0.4 is 4.74 Å². The predicted octanol–water partition coefficient (Wildman–Crippen LogP) is 4.52. The van der Waals surface area contributed by atoms with Crippen LogP contribution in [0, 0.1) is 17.2 Å². The molecule has 1 aromatic carbocycles. The van der Waals surface area contributed by atoms with Crippen LogP contribution in [0.15, 0.2) is 24.3 Å². The maximum absolute atomic E-state index is 9.79. The lowest BCUT2D eigenvalue weighted by Crippen LogP contribution is -2.50. The van der Waals surface area contributed by atoms with E-state index in [0.29, 0.717) is 0 Å². The fourth-order valence-electron chi connectivity index (χ4n) is 3.40. The number of piperidine rings is 1. The second-order valence-corrected chi connectivity index (χ2v) is 8.34. The van der Waals surface area contributed by atoms with Crippen molar-refractivity contribution in [2.45, 2.75) is 51.4 Å². The quantitative estimate of drug-likeness (QED) is 0.544. The SMILES string of the molecule is CC(C)CCCCOc1ccc(C2(C#N)CC[N+](C)(C)CC2)cc1. The zero-order valence-corrected chi connectivity index (χ0v) is 15.8. The number of benzene rings is 1. The number of nitriles is 1. The van der Waals surface area contributed by atoms with Gasteiger partial charge in [0.15, 0.2) is 0 Å². The average molecular weight is 330 g/mol. The van der Waals surface area contributed by atoms with Gasteiger partial charge in [-0.15, -0.1) is 0 Å². The highest BCUT2D eigenvalue weighted by Gasteiger charge is 2.40. The first-order valence-corrected chi connectivity index (χ1v) is 9.33. The Bertz CT molecular complexity index is 544. The third-order valence-electron chi connectivity index (χ3n) is 5.35. The number of unbranched alkanes of at least 4 members (excludes halogenated alkanes) is 1. The zero-order chi connectivity index (χ0) is 17.6. The molecule has 0 saturated carbocycles. The molecule has 1 aliphatic rings. The van der Waals surface area contributed by atoms with Gasteiger partial charge in [0.25, 0.3) is 0 Å². The van der Waals surface area contributed by atoms with Crippen LogP contribution >= 0.6 is 0 Å². The highest BCUT2D eigenvalue weighted by atomic mass is 16.5.